The Morgan fingerprint density at radius 1 is 1.31 bits per heavy atom. The molecular formula is C13H21NO2. The number of rotatable bonds is 7. The molecule has 1 rings (SSSR count). The van der Waals surface area contributed by atoms with Gasteiger partial charge < -0.3 is 15.2 Å². The van der Waals surface area contributed by atoms with E-state index in [9.17, 15) is 0 Å². The fourth-order valence-corrected chi connectivity index (χ4v) is 1.36. The van der Waals surface area contributed by atoms with Gasteiger partial charge in [-0.2, -0.15) is 0 Å². The van der Waals surface area contributed by atoms with E-state index in [1.54, 1.807) is 0 Å². The van der Waals surface area contributed by atoms with Crippen molar-refractivity contribution in [2.45, 2.75) is 26.3 Å². The average Bonchev–Trinajstić information content (AvgIpc) is 2.32. The lowest BCUT2D eigenvalue weighted by atomic mass is 10.2. The van der Waals surface area contributed by atoms with Gasteiger partial charge in [-0.05, 0) is 32.0 Å². The van der Waals surface area contributed by atoms with Crippen molar-refractivity contribution in [2.75, 3.05) is 19.8 Å². The highest BCUT2D eigenvalue weighted by molar-refractivity contribution is 5.26. The molecule has 0 aliphatic heterocycles. The number of hydrogen-bond acceptors (Lipinski definition) is 3. The Morgan fingerprint density at radius 3 is 2.56 bits per heavy atom. The van der Waals surface area contributed by atoms with Crippen LogP contribution in [0.5, 0.6) is 5.75 Å². The summed E-state index contributed by atoms with van der Waals surface area (Å²) in [5.74, 6) is 0.849. The molecule has 1 atom stereocenters. The van der Waals surface area contributed by atoms with Gasteiger partial charge >= 0.3 is 0 Å². The van der Waals surface area contributed by atoms with Crippen LogP contribution < -0.4 is 10.1 Å². The van der Waals surface area contributed by atoms with Crippen LogP contribution in [-0.2, 0) is 0 Å². The minimum absolute atomic E-state index is 0.0150. The predicted molar refractivity (Wildman–Crippen MR) is 65.8 cm³/mol. The molecule has 3 heteroatoms. The smallest absolute Gasteiger partial charge is 0.119 e. The zero-order valence-electron chi connectivity index (χ0n) is 10.1. The molecule has 0 bridgehead atoms. The van der Waals surface area contributed by atoms with E-state index in [-0.39, 0.29) is 12.6 Å². The van der Waals surface area contributed by atoms with Gasteiger partial charge in [0.05, 0.1) is 12.6 Å². The van der Waals surface area contributed by atoms with Gasteiger partial charge in [0.15, 0.2) is 0 Å². The van der Waals surface area contributed by atoms with Crippen LogP contribution in [-0.4, -0.2) is 30.9 Å². The van der Waals surface area contributed by atoms with Gasteiger partial charge in [-0.1, -0.05) is 24.6 Å². The molecule has 0 heterocycles. The van der Waals surface area contributed by atoms with Gasteiger partial charge in [0.25, 0.3) is 0 Å². The van der Waals surface area contributed by atoms with Crippen LogP contribution in [0.15, 0.2) is 24.3 Å². The highest BCUT2D eigenvalue weighted by Crippen LogP contribution is 2.11. The Kier molecular flexibility index (Phi) is 5.90. The first-order valence-corrected chi connectivity index (χ1v) is 5.80. The SMILES string of the molecule is CCCNC(CO)COc1ccc(C)cc1. The highest BCUT2D eigenvalue weighted by Gasteiger charge is 2.06. The second-order valence-electron chi connectivity index (χ2n) is 3.96. The molecule has 1 aromatic carbocycles. The first kappa shape index (κ1) is 13.0. The van der Waals surface area contributed by atoms with Crippen molar-refractivity contribution >= 4 is 0 Å². The molecule has 0 saturated heterocycles. The quantitative estimate of drug-likeness (QED) is 0.739. The number of aliphatic hydroxyl groups is 1. The maximum Gasteiger partial charge on any atom is 0.119 e. The second-order valence-corrected chi connectivity index (χ2v) is 3.96. The second kappa shape index (κ2) is 7.25. The maximum absolute atomic E-state index is 9.13. The van der Waals surface area contributed by atoms with E-state index in [1.165, 1.54) is 5.56 Å². The average molecular weight is 223 g/mol. The molecule has 0 aliphatic rings. The maximum atomic E-state index is 9.13. The largest absolute Gasteiger partial charge is 0.492 e. The van der Waals surface area contributed by atoms with Crippen molar-refractivity contribution in [3.63, 3.8) is 0 Å². The lowest BCUT2D eigenvalue weighted by molar-refractivity contribution is 0.183. The van der Waals surface area contributed by atoms with Crippen molar-refractivity contribution in [3.05, 3.63) is 29.8 Å². The number of benzene rings is 1. The number of ether oxygens (including phenoxy) is 1. The summed E-state index contributed by atoms with van der Waals surface area (Å²) in [6, 6.07) is 7.94. The summed E-state index contributed by atoms with van der Waals surface area (Å²) in [5, 5.41) is 12.4. The Balaban J connectivity index is 2.34. The molecule has 0 spiro atoms. The first-order chi connectivity index (χ1) is 7.76. The monoisotopic (exact) mass is 223 g/mol. The Bertz CT molecular complexity index is 284. The van der Waals surface area contributed by atoms with Crippen LogP contribution in [0.2, 0.25) is 0 Å². The Hall–Kier alpha value is -1.06. The molecular weight excluding hydrogens is 202 g/mol. The van der Waals surface area contributed by atoms with E-state index in [4.69, 9.17) is 9.84 Å². The van der Waals surface area contributed by atoms with Crippen LogP contribution in [0.25, 0.3) is 0 Å². The van der Waals surface area contributed by atoms with Gasteiger partial charge in [0.1, 0.15) is 12.4 Å². The fraction of sp³-hybridized carbons (Fsp3) is 0.538. The van der Waals surface area contributed by atoms with Crippen LogP contribution >= 0.6 is 0 Å². The molecule has 3 nitrogen and oxygen atoms in total. The van der Waals surface area contributed by atoms with E-state index in [0.29, 0.717) is 6.61 Å². The van der Waals surface area contributed by atoms with Crippen LogP contribution in [0.3, 0.4) is 0 Å². The van der Waals surface area contributed by atoms with E-state index in [2.05, 4.69) is 12.2 Å². The molecule has 0 fully saturated rings. The third-order valence-corrected chi connectivity index (χ3v) is 2.38. The summed E-state index contributed by atoms with van der Waals surface area (Å²) in [6.07, 6.45) is 1.06. The minimum atomic E-state index is 0.0150. The first-order valence-electron chi connectivity index (χ1n) is 5.80. The number of aryl methyl sites for hydroxylation is 1. The van der Waals surface area contributed by atoms with E-state index < -0.39 is 0 Å². The normalized spacial score (nSPS) is 12.4. The van der Waals surface area contributed by atoms with Crippen molar-refractivity contribution in [1.82, 2.24) is 5.32 Å². The predicted octanol–water partition coefficient (Wildman–Crippen LogP) is 1.73. The number of aliphatic hydroxyl groups excluding tert-OH is 1. The highest BCUT2D eigenvalue weighted by atomic mass is 16.5. The third-order valence-electron chi connectivity index (χ3n) is 2.38. The van der Waals surface area contributed by atoms with Gasteiger partial charge in [-0.25, -0.2) is 0 Å². The van der Waals surface area contributed by atoms with E-state index in [0.717, 1.165) is 18.7 Å². The van der Waals surface area contributed by atoms with Crippen LogP contribution in [0.1, 0.15) is 18.9 Å². The van der Waals surface area contributed by atoms with Gasteiger partial charge in [-0.15, -0.1) is 0 Å². The van der Waals surface area contributed by atoms with E-state index >= 15 is 0 Å². The van der Waals surface area contributed by atoms with Gasteiger partial charge in [0, 0.05) is 0 Å². The zero-order valence-corrected chi connectivity index (χ0v) is 10.1. The zero-order chi connectivity index (χ0) is 11.8. The third kappa shape index (κ3) is 4.64. The molecule has 0 aliphatic carbocycles. The summed E-state index contributed by atoms with van der Waals surface area (Å²) in [4.78, 5) is 0. The summed E-state index contributed by atoms with van der Waals surface area (Å²) < 4.78 is 5.59. The lowest BCUT2D eigenvalue weighted by Crippen LogP contribution is -2.38. The van der Waals surface area contributed by atoms with Crippen molar-refractivity contribution in [2.24, 2.45) is 0 Å². The summed E-state index contributed by atoms with van der Waals surface area (Å²) in [6.45, 7) is 5.65. The molecule has 0 saturated carbocycles. The molecule has 1 aromatic rings. The lowest BCUT2D eigenvalue weighted by Gasteiger charge is -2.16. The molecule has 2 N–H and O–H groups in total. The van der Waals surface area contributed by atoms with Crippen LogP contribution in [0.4, 0.5) is 0 Å². The van der Waals surface area contributed by atoms with Crippen LogP contribution in [0, 0.1) is 6.92 Å². The summed E-state index contributed by atoms with van der Waals surface area (Å²) >= 11 is 0. The topological polar surface area (TPSA) is 41.5 Å². The standard InChI is InChI=1S/C13H21NO2/c1-3-8-14-12(9-15)10-16-13-6-4-11(2)5-7-13/h4-7,12,14-15H,3,8-10H2,1-2H3. The summed E-state index contributed by atoms with van der Waals surface area (Å²) in [5.41, 5.74) is 1.22. The molecule has 1 unspecified atom stereocenters. The van der Waals surface area contributed by atoms with Crippen molar-refractivity contribution < 1.29 is 9.84 Å². The molecule has 0 radical (unpaired) electrons. The fourth-order valence-electron chi connectivity index (χ4n) is 1.36. The van der Waals surface area contributed by atoms with E-state index in [1.807, 2.05) is 31.2 Å². The van der Waals surface area contributed by atoms with Gasteiger partial charge in [0.2, 0.25) is 0 Å². The van der Waals surface area contributed by atoms with Crippen molar-refractivity contribution in [1.29, 1.82) is 0 Å². The number of hydrogen-bond donors (Lipinski definition) is 2. The van der Waals surface area contributed by atoms with Gasteiger partial charge in [-0.3, -0.25) is 0 Å². The van der Waals surface area contributed by atoms with Crippen molar-refractivity contribution in [3.8, 4) is 5.75 Å². The Labute approximate surface area is 97.4 Å². The Morgan fingerprint density at radius 2 is 2.00 bits per heavy atom. The summed E-state index contributed by atoms with van der Waals surface area (Å²) in [7, 11) is 0. The molecule has 0 amide bonds. The minimum Gasteiger partial charge on any atom is -0.492 e. The molecule has 0 aromatic heterocycles. The molecule has 90 valence electrons. The molecule has 16 heavy (non-hydrogen) atoms. The number of nitrogens with one attached hydrogen (secondary N) is 1.